The van der Waals surface area contributed by atoms with Crippen molar-refractivity contribution in [2.75, 3.05) is 10.6 Å². The van der Waals surface area contributed by atoms with Gasteiger partial charge in [-0.3, -0.25) is 10.2 Å². The Bertz CT molecular complexity index is 1320. The van der Waals surface area contributed by atoms with Crippen LogP contribution in [0.15, 0.2) is 77.7 Å². The number of hydrogen-bond donors (Lipinski definition) is 6. The first kappa shape index (κ1) is 23.4. The lowest BCUT2D eigenvalue weighted by Gasteiger charge is -2.16. The van der Waals surface area contributed by atoms with Crippen LogP contribution < -0.4 is 21.5 Å². The highest BCUT2D eigenvalue weighted by atomic mass is 32.2. The number of amidine groups is 1. The number of hydrogen-bond acceptors (Lipinski definition) is 6. The molecule has 0 saturated heterocycles. The van der Waals surface area contributed by atoms with E-state index in [-0.39, 0.29) is 10.7 Å². The fraction of sp³-hybridized carbons (Fsp3) is 0.0455. The standard InChI is InChI=1S/C22H21N5O5S/c23-20(24)14-4-3-5-16(12-14)26-19(22(29)30)21(28)27-15-10-8-13(9-11-15)17-6-1-2-7-18(17)33(25,31)32/h1-12,19,26H,(H3,23,24)(H,27,28)(H,29,30)(H2,25,31,32). The highest BCUT2D eigenvalue weighted by molar-refractivity contribution is 7.89. The van der Waals surface area contributed by atoms with Crippen molar-refractivity contribution < 1.29 is 23.1 Å². The normalized spacial score (nSPS) is 11.9. The van der Waals surface area contributed by atoms with Crippen molar-refractivity contribution in [3.8, 4) is 11.1 Å². The van der Waals surface area contributed by atoms with Gasteiger partial charge in [0.1, 0.15) is 5.84 Å². The van der Waals surface area contributed by atoms with E-state index in [1.807, 2.05) is 0 Å². The van der Waals surface area contributed by atoms with Crippen molar-refractivity contribution in [2.24, 2.45) is 10.9 Å². The summed E-state index contributed by atoms with van der Waals surface area (Å²) in [6, 6.07) is 17.0. The molecule has 170 valence electrons. The summed E-state index contributed by atoms with van der Waals surface area (Å²) in [5, 5.41) is 27.4. The Morgan fingerprint density at radius 2 is 1.61 bits per heavy atom. The molecule has 11 heteroatoms. The first-order valence-corrected chi connectivity index (χ1v) is 11.1. The van der Waals surface area contributed by atoms with E-state index in [2.05, 4.69) is 10.6 Å². The molecule has 0 radical (unpaired) electrons. The minimum atomic E-state index is -3.93. The minimum absolute atomic E-state index is 0.0373. The van der Waals surface area contributed by atoms with Gasteiger partial charge in [0.15, 0.2) is 0 Å². The van der Waals surface area contributed by atoms with E-state index in [9.17, 15) is 23.1 Å². The van der Waals surface area contributed by atoms with Gasteiger partial charge in [0.25, 0.3) is 5.91 Å². The van der Waals surface area contributed by atoms with Crippen molar-refractivity contribution >= 4 is 39.1 Å². The summed E-state index contributed by atoms with van der Waals surface area (Å²) in [7, 11) is -3.93. The molecule has 0 aliphatic heterocycles. The SMILES string of the molecule is N=C(N)c1cccc(NC(C(=O)O)C(=O)Nc2ccc(-c3ccccc3S(N)(=O)=O)cc2)c1. The van der Waals surface area contributed by atoms with Gasteiger partial charge in [-0.05, 0) is 35.9 Å². The second kappa shape index (κ2) is 9.51. The van der Waals surface area contributed by atoms with E-state index in [0.29, 0.717) is 28.1 Å². The molecule has 0 heterocycles. The molecule has 0 saturated carbocycles. The average molecular weight is 468 g/mol. The first-order valence-electron chi connectivity index (χ1n) is 9.53. The summed E-state index contributed by atoms with van der Waals surface area (Å²) in [5.41, 5.74) is 7.37. The topological polar surface area (TPSA) is 188 Å². The number of sulfonamides is 1. The number of carbonyl (C=O) groups is 2. The molecule has 0 aliphatic carbocycles. The summed E-state index contributed by atoms with van der Waals surface area (Å²) < 4.78 is 23.7. The maximum absolute atomic E-state index is 12.6. The van der Waals surface area contributed by atoms with E-state index in [1.54, 1.807) is 48.5 Å². The number of carbonyl (C=O) groups excluding carboxylic acids is 1. The third-order valence-electron chi connectivity index (χ3n) is 4.65. The van der Waals surface area contributed by atoms with Crippen LogP contribution in [0, 0.1) is 5.41 Å². The van der Waals surface area contributed by atoms with Crippen LogP contribution in [0.25, 0.3) is 11.1 Å². The van der Waals surface area contributed by atoms with Crippen molar-refractivity contribution in [3.05, 3.63) is 78.4 Å². The molecule has 33 heavy (non-hydrogen) atoms. The Morgan fingerprint density at radius 1 is 0.939 bits per heavy atom. The van der Waals surface area contributed by atoms with E-state index in [4.69, 9.17) is 16.3 Å². The molecule has 0 bridgehead atoms. The van der Waals surface area contributed by atoms with E-state index < -0.39 is 27.9 Å². The number of carboxylic acid groups (broad SMARTS) is 1. The summed E-state index contributed by atoms with van der Waals surface area (Å²) in [6.07, 6.45) is 0. The zero-order valence-corrected chi connectivity index (χ0v) is 18.0. The zero-order valence-electron chi connectivity index (χ0n) is 17.1. The number of aliphatic carboxylic acids is 1. The van der Waals surface area contributed by atoms with Gasteiger partial charge < -0.3 is 21.5 Å². The second-order valence-corrected chi connectivity index (χ2v) is 8.55. The number of nitrogen functional groups attached to an aromatic ring is 1. The van der Waals surface area contributed by atoms with Crippen LogP contribution in [0.4, 0.5) is 11.4 Å². The highest BCUT2D eigenvalue weighted by Gasteiger charge is 2.26. The van der Waals surface area contributed by atoms with Gasteiger partial charge in [0.05, 0.1) is 4.90 Å². The molecule has 3 rings (SSSR count). The quantitative estimate of drug-likeness (QED) is 0.165. The summed E-state index contributed by atoms with van der Waals surface area (Å²) in [5.74, 6) is -2.42. The van der Waals surface area contributed by atoms with Gasteiger partial charge in [-0.25, -0.2) is 18.4 Å². The van der Waals surface area contributed by atoms with Gasteiger partial charge in [0.2, 0.25) is 16.1 Å². The number of nitrogens with one attached hydrogen (secondary N) is 3. The Labute approximate surface area is 189 Å². The summed E-state index contributed by atoms with van der Waals surface area (Å²) in [4.78, 5) is 24.2. The van der Waals surface area contributed by atoms with Crippen molar-refractivity contribution in [3.63, 3.8) is 0 Å². The lowest BCUT2D eigenvalue weighted by Crippen LogP contribution is -2.41. The number of primary sulfonamides is 1. The largest absolute Gasteiger partial charge is 0.479 e. The van der Waals surface area contributed by atoms with Gasteiger partial charge in [-0.2, -0.15) is 0 Å². The predicted molar refractivity (Wildman–Crippen MR) is 124 cm³/mol. The summed E-state index contributed by atoms with van der Waals surface area (Å²) >= 11 is 0. The lowest BCUT2D eigenvalue weighted by molar-refractivity contribution is -0.140. The fourth-order valence-corrected chi connectivity index (χ4v) is 3.84. The minimum Gasteiger partial charge on any atom is -0.479 e. The molecule has 3 aromatic carbocycles. The number of amides is 1. The fourth-order valence-electron chi connectivity index (χ4n) is 3.08. The second-order valence-electron chi connectivity index (χ2n) is 7.02. The Hall–Kier alpha value is -4.22. The number of anilines is 2. The molecule has 0 aromatic heterocycles. The zero-order chi connectivity index (χ0) is 24.2. The molecule has 10 nitrogen and oxygen atoms in total. The predicted octanol–water partition coefficient (Wildman–Crippen LogP) is 1.79. The average Bonchev–Trinajstić information content (AvgIpc) is 2.77. The molecule has 3 aromatic rings. The summed E-state index contributed by atoms with van der Waals surface area (Å²) in [6.45, 7) is 0. The smallest absolute Gasteiger partial charge is 0.336 e. The lowest BCUT2D eigenvalue weighted by atomic mass is 10.1. The van der Waals surface area contributed by atoms with Crippen LogP contribution in [0.3, 0.4) is 0 Å². The number of rotatable bonds is 8. The Morgan fingerprint density at radius 3 is 2.21 bits per heavy atom. The first-order chi connectivity index (χ1) is 15.6. The number of benzene rings is 3. The van der Waals surface area contributed by atoms with Crippen LogP contribution in [0.1, 0.15) is 5.56 Å². The maximum Gasteiger partial charge on any atom is 0.336 e. The van der Waals surface area contributed by atoms with Crippen LogP contribution in [-0.2, 0) is 19.6 Å². The van der Waals surface area contributed by atoms with E-state index in [0.717, 1.165) is 0 Å². The molecular formula is C22H21N5O5S. The van der Waals surface area contributed by atoms with Crippen LogP contribution >= 0.6 is 0 Å². The van der Waals surface area contributed by atoms with Crippen LogP contribution in [0.2, 0.25) is 0 Å². The van der Waals surface area contributed by atoms with Gasteiger partial charge >= 0.3 is 5.97 Å². The van der Waals surface area contributed by atoms with Crippen molar-refractivity contribution in [2.45, 2.75) is 10.9 Å². The number of carboxylic acids is 1. The molecule has 1 atom stereocenters. The molecule has 0 spiro atoms. The Kier molecular flexibility index (Phi) is 6.75. The molecule has 1 amide bonds. The molecule has 0 aliphatic rings. The van der Waals surface area contributed by atoms with Crippen molar-refractivity contribution in [1.29, 1.82) is 5.41 Å². The van der Waals surface area contributed by atoms with Crippen LogP contribution in [-0.4, -0.2) is 37.3 Å². The monoisotopic (exact) mass is 467 g/mol. The molecule has 8 N–H and O–H groups in total. The third-order valence-corrected chi connectivity index (χ3v) is 5.62. The van der Waals surface area contributed by atoms with E-state index in [1.165, 1.54) is 24.3 Å². The Balaban J connectivity index is 1.79. The third kappa shape index (κ3) is 5.73. The van der Waals surface area contributed by atoms with Gasteiger partial charge in [0, 0.05) is 22.5 Å². The van der Waals surface area contributed by atoms with Crippen molar-refractivity contribution in [1.82, 2.24) is 0 Å². The van der Waals surface area contributed by atoms with Gasteiger partial charge in [-0.15, -0.1) is 0 Å². The molecule has 1 unspecified atom stereocenters. The van der Waals surface area contributed by atoms with E-state index >= 15 is 0 Å². The van der Waals surface area contributed by atoms with Gasteiger partial charge in [-0.1, -0.05) is 42.5 Å². The van der Waals surface area contributed by atoms with Crippen LogP contribution in [0.5, 0.6) is 0 Å². The number of nitrogens with two attached hydrogens (primary N) is 2. The molecular weight excluding hydrogens is 446 g/mol. The maximum atomic E-state index is 12.6. The molecule has 0 fully saturated rings. The highest BCUT2D eigenvalue weighted by Crippen LogP contribution is 2.27.